The first-order valence-electron chi connectivity index (χ1n) is 22.9. The smallest absolute Gasteiger partial charge is 0.306 e. The van der Waals surface area contributed by atoms with Crippen LogP contribution in [-0.4, -0.2) is 37.2 Å². The van der Waals surface area contributed by atoms with Crippen molar-refractivity contribution in [1.82, 2.24) is 0 Å². The minimum absolute atomic E-state index is 0.0833. The Morgan fingerprint density at radius 2 is 0.696 bits per heavy atom. The molecule has 0 amide bonds. The maximum Gasteiger partial charge on any atom is 0.306 e. The Hall–Kier alpha value is -3.15. The highest BCUT2D eigenvalue weighted by Crippen LogP contribution is 2.13. The van der Waals surface area contributed by atoms with Crippen LogP contribution in [0.3, 0.4) is 0 Å². The van der Waals surface area contributed by atoms with Crippen LogP contribution in [0.1, 0.15) is 207 Å². The number of ether oxygens (including phenoxy) is 3. The van der Waals surface area contributed by atoms with Crippen molar-refractivity contribution in [2.45, 2.75) is 213 Å². The fourth-order valence-corrected chi connectivity index (χ4v) is 6.03. The predicted molar refractivity (Wildman–Crippen MR) is 238 cm³/mol. The third kappa shape index (κ3) is 42.0. The fraction of sp³-hybridized carbons (Fsp3) is 0.700. The fourth-order valence-electron chi connectivity index (χ4n) is 6.03. The molecule has 0 fully saturated rings. The molecule has 0 radical (unpaired) electrons. The van der Waals surface area contributed by atoms with E-state index in [0.717, 1.165) is 109 Å². The van der Waals surface area contributed by atoms with E-state index in [2.05, 4.69) is 93.7 Å². The minimum Gasteiger partial charge on any atom is -0.462 e. The topological polar surface area (TPSA) is 78.9 Å². The number of hydrogen-bond acceptors (Lipinski definition) is 6. The van der Waals surface area contributed by atoms with E-state index in [-0.39, 0.29) is 31.1 Å². The van der Waals surface area contributed by atoms with Gasteiger partial charge in [-0.05, 0) is 70.6 Å². The van der Waals surface area contributed by atoms with E-state index in [1.807, 2.05) is 0 Å². The molecule has 6 nitrogen and oxygen atoms in total. The van der Waals surface area contributed by atoms with Gasteiger partial charge in [-0.2, -0.15) is 0 Å². The highest BCUT2D eigenvalue weighted by atomic mass is 16.6. The molecule has 0 aliphatic carbocycles. The van der Waals surface area contributed by atoms with Gasteiger partial charge in [0, 0.05) is 19.3 Å². The summed E-state index contributed by atoms with van der Waals surface area (Å²) in [6.45, 7) is 6.40. The second-order valence-corrected chi connectivity index (χ2v) is 14.9. The lowest BCUT2D eigenvalue weighted by atomic mass is 10.1. The number of unbranched alkanes of at least 4 members (excludes halogenated alkanes) is 17. The molecular formula is C50H84O6. The number of esters is 3. The Labute approximate surface area is 344 Å². The van der Waals surface area contributed by atoms with Crippen molar-refractivity contribution in [2.24, 2.45) is 0 Å². The molecule has 0 saturated carbocycles. The van der Waals surface area contributed by atoms with Crippen molar-refractivity contribution in [2.75, 3.05) is 13.2 Å². The van der Waals surface area contributed by atoms with Crippen molar-refractivity contribution in [3.63, 3.8) is 0 Å². The molecule has 0 aromatic heterocycles. The van der Waals surface area contributed by atoms with Crippen LogP contribution >= 0.6 is 0 Å². The van der Waals surface area contributed by atoms with Crippen molar-refractivity contribution in [1.29, 1.82) is 0 Å². The molecule has 0 aromatic carbocycles. The quantitative estimate of drug-likeness (QED) is 0.0267. The monoisotopic (exact) mass is 781 g/mol. The van der Waals surface area contributed by atoms with Gasteiger partial charge in [0.25, 0.3) is 0 Å². The Kier molecular flexibility index (Phi) is 42.1. The van der Waals surface area contributed by atoms with Gasteiger partial charge in [0.1, 0.15) is 13.2 Å². The van der Waals surface area contributed by atoms with Gasteiger partial charge in [-0.3, -0.25) is 14.4 Å². The third-order valence-electron chi connectivity index (χ3n) is 9.48. The summed E-state index contributed by atoms with van der Waals surface area (Å²) in [7, 11) is 0. The summed E-state index contributed by atoms with van der Waals surface area (Å²) in [5.41, 5.74) is 0. The lowest BCUT2D eigenvalue weighted by Gasteiger charge is -2.18. The van der Waals surface area contributed by atoms with Crippen molar-refractivity contribution in [3.05, 3.63) is 72.9 Å². The van der Waals surface area contributed by atoms with Crippen LogP contribution in [-0.2, 0) is 28.6 Å². The molecule has 320 valence electrons. The van der Waals surface area contributed by atoms with Crippen LogP contribution in [0.15, 0.2) is 72.9 Å². The summed E-state index contributed by atoms with van der Waals surface area (Å²) in [6.07, 6.45) is 54.8. The summed E-state index contributed by atoms with van der Waals surface area (Å²) in [4.78, 5) is 37.5. The first kappa shape index (κ1) is 52.9. The number of rotatable bonds is 40. The zero-order valence-electron chi connectivity index (χ0n) is 36.4. The standard InChI is InChI=1S/C50H84O6/c1-4-7-10-13-16-18-19-20-21-22-23-24-25-26-27-28-29-30-31-33-34-37-40-43-49(52)55-46-47(45-54-48(51)42-39-36-15-12-9-6-3)56-50(53)44-41-38-35-32-17-14-11-8-5-2/h7,10,16,18,20-21,23-24,26-27,29-30,47H,4-6,8-9,11-15,17,19,22,25,28,31-46H2,1-3H3/b10-7-,18-16-,21-20-,24-23-,27-26-,30-29-. The minimum atomic E-state index is -0.778. The molecule has 0 heterocycles. The largest absolute Gasteiger partial charge is 0.462 e. The summed E-state index contributed by atoms with van der Waals surface area (Å²) in [6, 6.07) is 0. The van der Waals surface area contributed by atoms with Crippen LogP contribution in [0.5, 0.6) is 0 Å². The highest BCUT2D eigenvalue weighted by molar-refractivity contribution is 5.71. The van der Waals surface area contributed by atoms with Crippen LogP contribution < -0.4 is 0 Å². The lowest BCUT2D eigenvalue weighted by molar-refractivity contribution is -0.167. The van der Waals surface area contributed by atoms with Crippen LogP contribution in [0, 0.1) is 0 Å². The van der Waals surface area contributed by atoms with E-state index in [1.165, 1.54) is 57.8 Å². The maximum absolute atomic E-state index is 12.6. The number of carbonyl (C=O) groups excluding carboxylic acids is 3. The molecule has 0 aliphatic heterocycles. The van der Waals surface area contributed by atoms with E-state index >= 15 is 0 Å². The SMILES string of the molecule is CC/C=C\C/C=C\C/C=C\C/C=C\C/C=C\C/C=C\CCCCCCC(=O)OCC(COC(=O)CCCCCCCC)OC(=O)CCCCCCCCCCC. The number of hydrogen-bond donors (Lipinski definition) is 0. The van der Waals surface area contributed by atoms with Crippen molar-refractivity contribution < 1.29 is 28.6 Å². The van der Waals surface area contributed by atoms with Gasteiger partial charge in [0.2, 0.25) is 0 Å². The van der Waals surface area contributed by atoms with Gasteiger partial charge in [-0.1, -0.05) is 190 Å². The first-order valence-corrected chi connectivity index (χ1v) is 22.9. The predicted octanol–water partition coefficient (Wildman–Crippen LogP) is 14.7. The molecule has 1 atom stereocenters. The number of allylic oxidation sites excluding steroid dienone is 12. The van der Waals surface area contributed by atoms with Gasteiger partial charge in [0.05, 0.1) is 0 Å². The second-order valence-electron chi connectivity index (χ2n) is 14.9. The van der Waals surface area contributed by atoms with Crippen LogP contribution in [0.4, 0.5) is 0 Å². The summed E-state index contributed by atoms with van der Waals surface area (Å²) in [5.74, 6) is -0.927. The first-order chi connectivity index (χ1) is 27.5. The molecule has 6 heteroatoms. The highest BCUT2D eigenvalue weighted by Gasteiger charge is 2.19. The van der Waals surface area contributed by atoms with E-state index in [0.29, 0.717) is 19.3 Å². The zero-order chi connectivity index (χ0) is 40.8. The number of carbonyl (C=O) groups is 3. The van der Waals surface area contributed by atoms with E-state index < -0.39 is 6.10 Å². The van der Waals surface area contributed by atoms with Crippen molar-refractivity contribution >= 4 is 17.9 Å². The Morgan fingerprint density at radius 1 is 0.375 bits per heavy atom. The van der Waals surface area contributed by atoms with Crippen LogP contribution in [0.25, 0.3) is 0 Å². The lowest BCUT2D eigenvalue weighted by Crippen LogP contribution is -2.30. The molecule has 0 spiro atoms. The molecule has 0 rings (SSSR count). The average Bonchev–Trinajstić information content (AvgIpc) is 3.19. The molecule has 0 N–H and O–H groups in total. The molecule has 0 saturated heterocycles. The van der Waals surface area contributed by atoms with Gasteiger partial charge in [-0.15, -0.1) is 0 Å². The molecule has 1 unspecified atom stereocenters. The molecule has 56 heavy (non-hydrogen) atoms. The van der Waals surface area contributed by atoms with Gasteiger partial charge >= 0.3 is 17.9 Å². The second kappa shape index (κ2) is 44.6. The molecule has 0 bridgehead atoms. The summed E-state index contributed by atoms with van der Waals surface area (Å²) < 4.78 is 16.6. The third-order valence-corrected chi connectivity index (χ3v) is 9.48. The van der Waals surface area contributed by atoms with Crippen molar-refractivity contribution in [3.8, 4) is 0 Å². The molecular weight excluding hydrogens is 697 g/mol. The van der Waals surface area contributed by atoms with E-state index in [9.17, 15) is 14.4 Å². The van der Waals surface area contributed by atoms with Gasteiger partial charge < -0.3 is 14.2 Å². The van der Waals surface area contributed by atoms with Crippen LogP contribution in [0.2, 0.25) is 0 Å². The maximum atomic E-state index is 12.6. The van der Waals surface area contributed by atoms with Gasteiger partial charge in [-0.25, -0.2) is 0 Å². The normalized spacial score (nSPS) is 12.7. The average molecular weight is 781 g/mol. The summed E-state index contributed by atoms with van der Waals surface area (Å²) >= 11 is 0. The molecule has 0 aliphatic rings. The Balaban J connectivity index is 4.23. The van der Waals surface area contributed by atoms with E-state index in [4.69, 9.17) is 14.2 Å². The zero-order valence-corrected chi connectivity index (χ0v) is 36.4. The Bertz CT molecular complexity index is 1080. The Morgan fingerprint density at radius 3 is 1.09 bits per heavy atom. The van der Waals surface area contributed by atoms with Gasteiger partial charge in [0.15, 0.2) is 6.10 Å². The van der Waals surface area contributed by atoms with E-state index in [1.54, 1.807) is 0 Å². The summed E-state index contributed by atoms with van der Waals surface area (Å²) in [5, 5.41) is 0. The molecule has 0 aromatic rings.